The Hall–Kier alpha value is -2.59. The minimum atomic E-state index is 0.750. The number of carbonyl (C=O) groups excluding carboxylic acids is 1. The molecule has 0 radical (unpaired) electrons. The molecule has 4 nitrogen and oxygen atoms in total. The summed E-state index contributed by atoms with van der Waals surface area (Å²) in [6, 6.07) is 14.3. The molecular weight excluding hydrogens is 346 g/mol. The summed E-state index contributed by atoms with van der Waals surface area (Å²) in [5.74, 6) is 0. The Labute approximate surface area is 159 Å². The standard InChI is InChI=1S/C18H17ClN2.C3H7NO/c1-11-7-8-17-14(9-11)18(10-12(2)20-17)21-16-6-4-5-15(19)13(16)3;1-4(2)3-5/h4-10H,1-3H3,(H,20,21);3H,1-2H3. The van der Waals surface area contributed by atoms with Gasteiger partial charge in [-0.05, 0) is 56.7 Å². The lowest BCUT2D eigenvalue weighted by Crippen LogP contribution is -2.06. The summed E-state index contributed by atoms with van der Waals surface area (Å²) in [6.45, 7) is 6.12. The smallest absolute Gasteiger partial charge is 0.209 e. The van der Waals surface area contributed by atoms with E-state index >= 15 is 0 Å². The van der Waals surface area contributed by atoms with Crippen LogP contribution in [-0.2, 0) is 4.79 Å². The zero-order valence-corrected chi connectivity index (χ0v) is 16.6. The number of aromatic nitrogens is 1. The molecule has 0 aliphatic carbocycles. The second-order valence-electron chi connectivity index (χ2n) is 6.44. The Balaban J connectivity index is 0.000000431. The Morgan fingerprint density at radius 1 is 1.04 bits per heavy atom. The lowest BCUT2D eigenvalue weighted by molar-refractivity contribution is -0.115. The third kappa shape index (κ3) is 4.96. The van der Waals surface area contributed by atoms with Gasteiger partial charge >= 0.3 is 0 Å². The number of nitrogens with one attached hydrogen (secondary N) is 1. The molecule has 1 amide bonds. The van der Waals surface area contributed by atoms with Gasteiger partial charge in [-0.25, -0.2) is 0 Å². The van der Waals surface area contributed by atoms with E-state index in [1.165, 1.54) is 10.5 Å². The number of aryl methyl sites for hydroxylation is 2. The fraction of sp³-hybridized carbons (Fsp3) is 0.238. The molecule has 3 aromatic rings. The maximum absolute atomic E-state index is 9.43. The van der Waals surface area contributed by atoms with Crippen molar-refractivity contribution in [3.05, 3.63) is 64.3 Å². The van der Waals surface area contributed by atoms with Crippen molar-refractivity contribution in [2.24, 2.45) is 0 Å². The summed E-state index contributed by atoms with van der Waals surface area (Å²) >= 11 is 6.20. The van der Waals surface area contributed by atoms with Gasteiger partial charge in [-0.15, -0.1) is 0 Å². The number of amides is 1. The maximum atomic E-state index is 9.43. The monoisotopic (exact) mass is 369 g/mol. The minimum Gasteiger partial charge on any atom is -0.355 e. The number of hydrogen-bond acceptors (Lipinski definition) is 3. The van der Waals surface area contributed by atoms with Crippen molar-refractivity contribution in [3.63, 3.8) is 0 Å². The van der Waals surface area contributed by atoms with Crippen LogP contribution in [0.15, 0.2) is 42.5 Å². The third-order valence-electron chi connectivity index (χ3n) is 3.84. The number of halogens is 1. The first kappa shape index (κ1) is 19.7. The summed E-state index contributed by atoms with van der Waals surface area (Å²) in [4.78, 5) is 15.5. The normalized spacial score (nSPS) is 10.1. The van der Waals surface area contributed by atoms with Crippen LogP contribution in [0, 0.1) is 20.8 Å². The molecule has 1 N–H and O–H groups in total. The zero-order valence-electron chi connectivity index (χ0n) is 15.8. The topological polar surface area (TPSA) is 45.2 Å². The van der Waals surface area contributed by atoms with E-state index in [1.54, 1.807) is 14.1 Å². The molecule has 0 aliphatic heterocycles. The van der Waals surface area contributed by atoms with E-state index in [4.69, 9.17) is 11.6 Å². The van der Waals surface area contributed by atoms with Gasteiger partial charge < -0.3 is 10.2 Å². The van der Waals surface area contributed by atoms with Gasteiger partial charge in [0.05, 0.1) is 5.52 Å². The quantitative estimate of drug-likeness (QED) is 0.640. The Morgan fingerprint density at radius 3 is 2.38 bits per heavy atom. The Kier molecular flexibility index (Phi) is 6.58. The molecule has 0 bridgehead atoms. The molecule has 0 atom stereocenters. The van der Waals surface area contributed by atoms with Gasteiger partial charge in [0, 0.05) is 41.6 Å². The van der Waals surface area contributed by atoms with E-state index in [9.17, 15) is 4.79 Å². The highest BCUT2D eigenvalue weighted by atomic mass is 35.5. The lowest BCUT2D eigenvalue weighted by Gasteiger charge is -2.14. The molecule has 0 unspecified atom stereocenters. The highest BCUT2D eigenvalue weighted by Crippen LogP contribution is 2.30. The SMILES string of the molecule is CN(C)C=O.Cc1ccc2nc(C)cc(Nc3cccc(Cl)c3C)c2c1. The lowest BCUT2D eigenvalue weighted by atomic mass is 10.1. The van der Waals surface area contributed by atoms with Gasteiger partial charge in [-0.1, -0.05) is 29.3 Å². The third-order valence-corrected chi connectivity index (χ3v) is 4.25. The molecule has 1 heterocycles. The fourth-order valence-electron chi connectivity index (χ4n) is 2.46. The van der Waals surface area contributed by atoms with E-state index < -0.39 is 0 Å². The van der Waals surface area contributed by atoms with Gasteiger partial charge in [-0.3, -0.25) is 9.78 Å². The number of benzene rings is 2. The van der Waals surface area contributed by atoms with E-state index in [0.29, 0.717) is 0 Å². The number of carbonyl (C=O) groups is 1. The molecule has 3 rings (SSSR count). The van der Waals surface area contributed by atoms with Crippen LogP contribution >= 0.6 is 11.6 Å². The van der Waals surface area contributed by atoms with Crippen LogP contribution in [-0.4, -0.2) is 30.4 Å². The number of fused-ring (bicyclic) bond motifs is 1. The maximum Gasteiger partial charge on any atom is 0.209 e. The number of rotatable bonds is 3. The van der Waals surface area contributed by atoms with Crippen LogP contribution < -0.4 is 5.32 Å². The molecule has 0 saturated carbocycles. The number of anilines is 2. The van der Waals surface area contributed by atoms with Crippen molar-refractivity contribution in [2.75, 3.05) is 19.4 Å². The zero-order chi connectivity index (χ0) is 19.3. The number of pyridine rings is 1. The average Bonchev–Trinajstić information content (AvgIpc) is 2.60. The first-order chi connectivity index (χ1) is 12.3. The molecule has 0 spiro atoms. The van der Waals surface area contributed by atoms with Crippen LogP contribution in [0.3, 0.4) is 0 Å². The van der Waals surface area contributed by atoms with E-state index in [-0.39, 0.29) is 0 Å². The van der Waals surface area contributed by atoms with E-state index in [1.807, 2.05) is 32.0 Å². The van der Waals surface area contributed by atoms with Crippen LogP contribution in [0.25, 0.3) is 10.9 Å². The van der Waals surface area contributed by atoms with Crippen molar-refractivity contribution in [2.45, 2.75) is 20.8 Å². The first-order valence-corrected chi connectivity index (χ1v) is 8.71. The molecule has 0 aliphatic rings. The van der Waals surface area contributed by atoms with Gasteiger partial charge in [0.25, 0.3) is 0 Å². The second-order valence-corrected chi connectivity index (χ2v) is 6.85. The van der Waals surface area contributed by atoms with E-state index in [0.717, 1.165) is 45.0 Å². The van der Waals surface area contributed by atoms with Gasteiger partial charge in [0.15, 0.2) is 0 Å². The summed E-state index contributed by atoms with van der Waals surface area (Å²) in [5.41, 5.74) is 6.35. The summed E-state index contributed by atoms with van der Waals surface area (Å²) in [5, 5.41) is 5.39. The molecule has 0 saturated heterocycles. The number of nitrogens with zero attached hydrogens (tertiary/aromatic N) is 2. The fourth-order valence-corrected chi connectivity index (χ4v) is 2.64. The van der Waals surface area contributed by atoms with Crippen molar-refractivity contribution >= 4 is 40.3 Å². The summed E-state index contributed by atoms with van der Waals surface area (Å²) in [7, 11) is 3.38. The predicted molar refractivity (Wildman–Crippen MR) is 110 cm³/mol. The highest BCUT2D eigenvalue weighted by molar-refractivity contribution is 6.31. The van der Waals surface area contributed by atoms with E-state index in [2.05, 4.69) is 41.5 Å². The molecule has 26 heavy (non-hydrogen) atoms. The Morgan fingerprint density at radius 2 is 1.73 bits per heavy atom. The predicted octanol–water partition coefficient (Wildman–Crippen LogP) is 5.26. The van der Waals surface area contributed by atoms with Gasteiger partial charge in [0.1, 0.15) is 0 Å². The Bertz CT molecular complexity index is 923. The first-order valence-electron chi connectivity index (χ1n) is 8.33. The van der Waals surface area contributed by atoms with Crippen molar-refractivity contribution in [1.29, 1.82) is 0 Å². The number of hydrogen-bond donors (Lipinski definition) is 1. The largest absolute Gasteiger partial charge is 0.355 e. The van der Waals surface area contributed by atoms with Gasteiger partial charge in [0.2, 0.25) is 6.41 Å². The van der Waals surface area contributed by atoms with Crippen molar-refractivity contribution in [3.8, 4) is 0 Å². The average molecular weight is 370 g/mol. The molecule has 0 fully saturated rings. The molecule has 1 aromatic heterocycles. The molecule has 2 aromatic carbocycles. The van der Waals surface area contributed by atoms with Crippen LogP contribution in [0.4, 0.5) is 11.4 Å². The summed E-state index contributed by atoms with van der Waals surface area (Å²) < 4.78 is 0. The van der Waals surface area contributed by atoms with Gasteiger partial charge in [-0.2, -0.15) is 0 Å². The van der Waals surface area contributed by atoms with Crippen molar-refractivity contribution in [1.82, 2.24) is 9.88 Å². The molecule has 5 heteroatoms. The van der Waals surface area contributed by atoms with Crippen LogP contribution in [0.2, 0.25) is 5.02 Å². The highest BCUT2D eigenvalue weighted by Gasteiger charge is 2.07. The van der Waals surface area contributed by atoms with Crippen molar-refractivity contribution < 1.29 is 4.79 Å². The van der Waals surface area contributed by atoms with Crippen LogP contribution in [0.5, 0.6) is 0 Å². The minimum absolute atomic E-state index is 0.750. The molecule has 136 valence electrons. The van der Waals surface area contributed by atoms with Crippen LogP contribution in [0.1, 0.15) is 16.8 Å². The summed E-state index contributed by atoms with van der Waals surface area (Å²) in [6.07, 6.45) is 0.750. The second kappa shape index (κ2) is 8.68. The molecular formula is C21H24ClN3O.